The Morgan fingerprint density at radius 3 is 2.90 bits per heavy atom. The maximum atomic E-state index is 5.96. The molecule has 2 heterocycles. The van der Waals surface area contributed by atoms with Crippen molar-refractivity contribution in [3.8, 4) is 17.2 Å². The van der Waals surface area contributed by atoms with E-state index in [-0.39, 0.29) is 0 Å². The second kappa shape index (κ2) is 5.96. The summed E-state index contributed by atoms with van der Waals surface area (Å²) < 4.78 is 13.0. The molecule has 106 valence electrons. The van der Waals surface area contributed by atoms with E-state index in [9.17, 15) is 0 Å². The number of rotatable bonds is 4. The fourth-order valence-corrected chi connectivity index (χ4v) is 2.37. The lowest BCUT2D eigenvalue weighted by molar-refractivity contribution is 0.162. The molecule has 3 rings (SSSR count). The quantitative estimate of drug-likeness (QED) is 0.925. The number of benzene rings is 1. The third kappa shape index (κ3) is 2.93. The van der Waals surface area contributed by atoms with Gasteiger partial charge in [-0.3, -0.25) is 0 Å². The Kier molecular flexibility index (Phi) is 3.87. The molecule has 5 heteroatoms. The average Bonchev–Trinajstić information content (AvgIpc) is 2.97. The fraction of sp³-hybridized carbons (Fsp3) is 0.400. The maximum absolute atomic E-state index is 5.96. The first-order chi connectivity index (χ1) is 9.85. The van der Waals surface area contributed by atoms with Gasteiger partial charge in [0.15, 0.2) is 5.75 Å². The molecule has 1 N–H and O–H groups in total. The summed E-state index contributed by atoms with van der Waals surface area (Å²) in [6, 6.07) is 7.80. The van der Waals surface area contributed by atoms with Crippen LogP contribution in [-0.2, 0) is 0 Å². The Morgan fingerprint density at radius 1 is 1.25 bits per heavy atom. The van der Waals surface area contributed by atoms with Gasteiger partial charge >= 0.3 is 0 Å². The van der Waals surface area contributed by atoms with Gasteiger partial charge < -0.3 is 14.8 Å². The molecular weight excluding hydrogens is 254 g/mol. The number of nitrogens with one attached hydrogen (secondary N) is 1. The predicted octanol–water partition coefficient (Wildman–Crippen LogP) is 2.01. The number of hydrogen-bond acceptors (Lipinski definition) is 4. The van der Waals surface area contributed by atoms with E-state index in [4.69, 9.17) is 9.47 Å². The first-order valence-corrected chi connectivity index (χ1v) is 6.91. The molecule has 1 aliphatic heterocycles. The monoisotopic (exact) mass is 273 g/mol. The SMILES string of the molecule is COc1cccc(-n2cc(OC3CCNCC3)cn2)c1. The highest BCUT2D eigenvalue weighted by atomic mass is 16.5. The zero-order valence-corrected chi connectivity index (χ0v) is 11.6. The van der Waals surface area contributed by atoms with Gasteiger partial charge in [-0.05, 0) is 38.1 Å². The molecule has 1 saturated heterocycles. The Balaban J connectivity index is 1.72. The molecule has 1 aliphatic rings. The van der Waals surface area contributed by atoms with E-state index in [1.807, 2.05) is 30.5 Å². The fourth-order valence-electron chi connectivity index (χ4n) is 2.37. The van der Waals surface area contributed by atoms with Crippen molar-refractivity contribution >= 4 is 0 Å². The summed E-state index contributed by atoms with van der Waals surface area (Å²) in [6.07, 6.45) is 6.06. The lowest BCUT2D eigenvalue weighted by atomic mass is 10.1. The second-order valence-electron chi connectivity index (χ2n) is 4.89. The minimum atomic E-state index is 0.291. The van der Waals surface area contributed by atoms with Crippen molar-refractivity contribution < 1.29 is 9.47 Å². The van der Waals surface area contributed by atoms with Gasteiger partial charge in [0, 0.05) is 6.07 Å². The van der Waals surface area contributed by atoms with Crippen molar-refractivity contribution in [2.75, 3.05) is 20.2 Å². The van der Waals surface area contributed by atoms with Gasteiger partial charge in [-0.25, -0.2) is 4.68 Å². The van der Waals surface area contributed by atoms with Gasteiger partial charge in [-0.2, -0.15) is 5.10 Å². The van der Waals surface area contributed by atoms with E-state index in [0.29, 0.717) is 6.10 Å². The highest BCUT2D eigenvalue weighted by molar-refractivity contribution is 5.39. The summed E-state index contributed by atoms with van der Waals surface area (Å²) in [5.41, 5.74) is 0.963. The van der Waals surface area contributed by atoms with Gasteiger partial charge in [0.25, 0.3) is 0 Å². The minimum Gasteiger partial charge on any atom is -0.497 e. The molecule has 0 atom stereocenters. The lowest BCUT2D eigenvalue weighted by Crippen LogP contribution is -2.34. The number of ether oxygens (including phenoxy) is 2. The van der Waals surface area contributed by atoms with Crippen LogP contribution in [0, 0.1) is 0 Å². The first kappa shape index (κ1) is 13.0. The third-order valence-corrected chi connectivity index (χ3v) is 3.47. The van der Waals surface area contributed by atoms with Crippen LogP contribution in [0.5, 0.6) is 11.5 Å². The number of hydrogen-bond donors (Lipinski definition) is 1. The maximum Gasteiger partial charge on any atom is 0.158 e. The molecule has 0 radical (unpaired) electrons. The Labute approximate surface area is 118 Å². The standard InChI is InChI=1S/C15H19N3O2/c1-19-14-4-2-3-12(9-14)18-11-15(10-17-18)20-13-5-7-16-8-6-13/h2-4,9-11,13,16H,5-8H2,1H3. The molecular formula is C15H19N3O2. The minimum absolute atomic E-state index is 0.291. The Bertz CT molecular complexity index is 562. The van der Waals surface area contributed by atoms with Crippen LogP contribution >= 0.6 is 0 Å². The average molecular weight is 273 g/mol. The van der Waals surface area contributed by atoms with Crippen LogP contribution < -0.4 is 14.8 Å². The van der Waals surface area contributed by atoms with E-state index in [1.165, 1.54) is 0 Å². The van der Waals surface area contributed by atoms with Crippen LogP contribution in [0.15, 0.2) is 36.7 Å². The van der Waals surface area contributed by atoms with Gasteiger partial charge in [0.05, 0.1) is 25.2 Å². The number of piperidine rings is 1. The first-order valence-electron chi connectivity index (χ1n) is 6.91. The van der Waals surface area contributed by atoms with Crippen LogP contribution in [-0.4, -0.2) is 36.1 Å². The van der Waals surface area contributed by atoms with Crippen LogP contribution in [0.3, 0.4) is 0 Å². The van der Waals surface area contributed by atoms with Crippen molar-refractivity contribution in [3.05, 3.63) is 36.7 Å². The van der Waals surface area contributed by atoms with E-state index in [2.05, 4.69) is 10.4 Å². The van der Waals surface area contributed by atoms with Crippen LogP contribution in [0.25, 0.3) is 5.69 Å². The summed E-state index contributed by atoms with van der Waals surface area (Å²) in [5.74, 6) is 1.64. The summed E-state index contributed by atoms with van der Waals surface area (Å²) in [4.78, 5) is 0. The molecule has 0 amide bonds. The molecule has 0 bridgehead atoms. The summed E-state index contributed by atoms with van der Waals surface area (Å²) >= 11 is 0. The van der Waals surface area contributed by atoms with Crippen molar-refractivity contribution in [3.63, 3.8) is 0 Å². The molecule has 2 aromatic rings. The normalized spacial score (nSPS) is 16.1. The molecule has 1 aromatic carbocycles. The molecule has 20 heavy (non-hydrogen) atoms. The Hall–Kier alpha value is -2.01. The third-order valence-electron chi connectivity index (χ3n) is 3.47. The summed E-state index contributed by atoms with van der Waals surface area (Å²) in [5, 5.41) is 7.68. The number of methoxy groups -OCH3 is 1. The Morgan fingerprint density at radius 2 is 2.10 bits per heavy atom. The number of nitrogens with zero attached hydrogens (tertiary/aromatic N) is 2. The van der Waals surface area contributed by atoms with E-state index in [0.717, 1.165) is 43.1 Å². The van der Waals surface area contributed by atoms with Gasteiger partial charge in [0.2, 0.25) is 0 Å². The van der Waals surface area contributed by atoms with E-state index in [1.54, 1.807) is 18.0 Å². The zero-order chi connectivity index (χ0) is 13.8. The molecule has 0 unspecified atom stereocenters. The van der Waals surface area contributed by atoms with Crippen LogP contribution in [0.1, 0.15) is 12.8 Å². The van der Waals surface area contributed by atoms with Crippen molar-refractivity contribution in [1.29, 1.82) is 0 Å². The molecule has 5 nitrogen and oxygen atoms in total. The molecule has 0 saturated carbocycles. The highest BCUT2D eigenvalue weighted by Crippen LogP contribution is 2.20. The molecule has 1 fully saturated rings. The lowest BCUT2D eigenvalue weighted by Gasteiger charge is -2.22. The van der Waals surface area contributed by atoms with Gasteiger partial charge in [-0.1, -0.05) is 6.07 Å². The summed E-state index contributed by atoms with van der Waals surface area (Å²) in [6.45, 7) is 2.05. The van der Waals surface area contributed by atoms with Gasteiger partial charge in [-0.15, -0.1) is 0 Å². The molecule has 1 aromatic heterocycles. The highest BCUT2D eigenvalue weighted by Gasteiger charge is 2.15. The van der Waals surface area contributed by atoms with E-state index >= 15 is 0 Å². The van der Waals surface area contributed by atoms with Crippen LogP contribution in [0.4, 0.5) is 0 Å². The second-order valence-corrected chi connectivity index (χ2v) is 4.89. The molecule has 0 spiro atoms. The summed E-state index contributed by atoms with van der Waals surface area (Å²) in [7, 11) is 1.66. The zero-order valence-electron chi connectivity index (χ0n) is 11.6. The van der Waals surface area contributed by atoms with Crippen molar-refractivity contribution in [2.24, 2.45) is 0 Å². The largest absolute Gasteiger partial charge is 0.497 e. The molecule has 0 aliphatic carbocycles. The number of aromatic nitrogens is 2. The van der Waals surface area contributed by atoms with Crippen LogP contribution in [0.2, 0.25) is 0 Å². The van der Waals surface area contributed by atoms with Crippen molar-refractivity contribution in [1.82, 2.24) is 15.1 Å². The van der Waals surface area contributed by atoms with Crippen molar-refractivity contribution in [2.45, 2.75) is 18.9 Å². The van der Waals surface area contributed by atoms with Gasteiger partial charge in [0.1, 0.15) is 11.9 Å². The van der Waals surface area contributed by atoms with E-state index < -0.39 is 0 Å². The smallest absolute Gasteiger partial charge is 0.158 e. The topological polar surface area (TPSA) is 48.3 Å². The predicted molar refractivity (Wildman–Crippen MR) is 76.6 cm³/mol.